The van der Waals surface area contributed by atoms with E-state index in [1.54, 1.807) is 43.3 Å². The number of rotatable bonds is 20. The first-order valence-electron chi connectivity index (χ1n) is 22.7. The smallest absolute Gasteiger partial charge is 0.338 e. The van der Waals surface area contributed by atoms with Gasteiger partial charge in [0, 0.05) is 61.0 Å². The Bertz CT molecular complexity index is 2070. The van der Waals surface area contributed by atoms with Gasteiger partial charge in [-0.3, -0.25) is 19.8 Å². The Kier molecular flexibility index (Phi) is 14.6. The van der Waals surface area contributed by atoms with E-state index in [0.717, 1.165) is 19.3 Å². The van der Waals surface area contributed by atoms with Crippen molar-refractivity contribution in [2.45, 2.75) is 148 Å². The van der Waals surface area contributed by atoms with Crippen molar-refractivity contribution in [3.8, 4) is 0 Å². The van der Waals surface area contributed by atoms with E-state index in [-0.39, 0.29) is 36.5 Å². The Morgan fingerprint density at radius 1 is 0.937 bits per heavy atom. The van der Waals surface area contributed by atoms with E-state index in [9.17, 15) is 39.8 Å². The molecule has 14 nitrogen and oxygen atoms in total. The van der Waals surface area contributed by atoms with E-state index in [1.165, 1.54) is 90.0 Å². The van der Waals surface area contributed by atoms with Gasteiger partial charge in [-0.15, -0.1) is 0 Å². The van der Waals surface area contributed by atoms with Crippen molar-refractivity contribution in [1.29, 1.82) is 0 Å². The van der Waals surface area contributed by atoms with E-state index in [2.05, 4.69) is 17.5 Å². The second-order valence-electron chi connectivity index (χ2n) is 18.6. The number of ketones is 1. The number of nitrogens with zero attached hydrogens (tertiary/aromatic N) is 2. The third-order valence-corrected chi connectivity index (χ3v) is 14.1. The number of aliphatic hydroxyl groups is 2. The summed E-state index contributed by atoms with van der Waals surface area (Å²) >= 11 is 0. The molecule has 0 bridgehead atoms. The number of anilines is 1. The number of benzene rings is 1. The topological polar surface area (TPSA) is 210 Å². The van der Waals surface area contributed by atoms with E-state index in [0.29, 0.717) is 29.0 Å². The predicted octanol–water partition coefficient (Wildman–Crippen LogP) is 7.96. The minimum Gasteiger partial charge on any atom is -0.612 e. The van der Waals surface area contributed by atoms with Crippen LogP contribution in [0.1, 0.15) is 135 Å². The van der Waals surface area contributed by atoms with Crippen LogP contribution in [-0.4, -0.2) is 79.7 Å². The molecule has 5 aliphatic rings. The normalized spacial score (nSPS) is 29.1. The molecule has 0 aromatic heterocycles. The quantitative estimate of drug-likeness (QED) is 0.0217. The fourth-order valence-electron chi connectivity index (χ4n) is 11.1. The zero-order chi connectivity index (χ0) is 45.7. The van der Waals surface area contributed by atoms with Crippen LogP contribution in [0.25, 0.3) is 0 Å². The van der Waals surface area contributed by atoms with Gasteiger partial charge >= 0.3 is 17.9 Å². The number of carbonyl (C=O) groups excluding carboxylic acids is 4. The largest absolute Gasteiger partial charge is 0.612 e. The van der Waals surface area contributed by atoms with Crippen LogP contribution in [0.15, 0.2) is 77.0 Å². The van der Waals surface area contributed by atoms with Gasteiger partial charge in [0.2, 0.25) is 11.5 Å². The van der Waals surface area contributed by atoms with Gasteiger partial charge in [0.15, 0.2) is 5.60 Å². The fraction of sp³-hybridized carbons (Fsp3) is 0.592. The lowest BCUT2D eigenvalue weighted by Crippen LogP contribution is -2.59. The molecule has 0 heterocycles. The number of carbonyl (C=O) groups is 4. The summed E-state index contributed by atoms with van der Waals surface area (Å²) in [6, 6.07) is 6.34. The average Bonchev–Trinajstić information content (AvgIpc) is 3.67. The molecule has 1 aromatic rings. The minimum absolute atomic E-state index is 0.0563. The van der Waals surface area contributed by atoms with Gasteiger partial charge in [-0.2, -0.15) is 10.0 Å². The van der Waals surface area contributed by atoms with Gasteiger partial charge in [0.1, 0.15) is 18.3 Å². The molecule has 14 heteroatoms. The molecule has 6 rings (SSSR count). The first-order chi connectivity index (χ1) is 29.9. The Morgan fingerprint density at radius 3 is 2.11 bits per heavy atom. The van der Waals surface area contributed by atoms with Crippen molar-refractivity contribution >= 4 is 40.8 Å². The lowest BCUT2D eigenvalue weighted by Gasteiger charge is -2.45. The van der Waals surface area contributed by atoms with Gasteiger partial charge < -0.3 is 34.8 Å². The second kappa shape index (κ2) is 19.3. The number of hydrogen-bond acceptors (Lipinski definition) is 13. The number of esters is 3. The highest BCUT2D eigenvalue weighted by atomic mass is 16.8. The van der Waals surface area contributed by atoms with Crippen molar-refractivity contribution in [1.82, 2.24) is 0 Å². The summed E-state index contributed by atoms with van der Waals surface area (Å²) in [5.41, 5.74) is -1.51. The maximum atomic E-state index is 14.6. The first kappa shape index (κ1) is 47.4. The summed E-state index contributed by atoms with van der Waals surface area (Å²) in [5, 5.41) is 50.6. The number of nitrogens with one attached hydrogen (secondary N) is 1. The van der Waals surface area contributed by atoms with Crippen molar-refractivity contribution < 1.29 is 48.5 Å². The van der Waals surface area contributed by atoms with Crippen LogP contribution in [0.2, 0.25) is 0 Å². The third kappa shape index (κ3) is 9.16. The molecule has 1 spiro atoms. The molecule has 1 aromatic carbocycles. The van der Waals surface area contributed by atoms with Crippen LogP contribution in [-0.2, 0) is 28.6 Å². The SMILES string of the molecule is CCCCCCCCCCCCCC(=O)OC12C(=O)C(C)=CC1C1C3(C(C)C(OC(C)=O)CC(COC(=O)c4ccc(NN=C5C=CC(=[N+]([O-])[O-])C=C5)cc4)=CC23)C1(O)C(C)(C)O. The van der Waals surface area contributed by atoms with Crippen molar-refractivity contribution in [2.75, 3.05) is 12.0 Å². The predicted molar refractivity (Wildman–Crippen MR) is 238 cm³/mol. The van der Waals surface area contributed by atoms with Crippen LogP contribution in [0.5, 0.6) is 0 Å². The van der Waals surface area contributed by atoms with Gasteiger partial charge in [-0.1, -0.05) is 90.2 Å². The van der Waals surface area contributed by atoms with E-state index < -0.39 is 74.8 Å². The van der Waals surface area contributed by atoms with Crippen LogP contribution in [0.3, 0.4) is 0 Å². The molecule has 2 fully saturated rings. The summed E-state index contributed by atoms with van der Waals surface area (Å²) in [4.78, 5) is 54.1. The monoisotopic (exact) mass is 870 g/mol. The fourth-order valence-corrected chi connectivity index (χ4v) is 11.1. The van der Waals surface area contributed by atoms with Crippen molar-refractivity contribution in [3.63, 3.8) is 0 Å². The molecule has 3 N–H and O–H groups in total. The lowest BCUT2D eigenvalue weighted by atomic mass is 9.65. The van der Waals surface area contributed by atoms with Gasteiger partial charge in [-0.25, -0.2) is 4.79 Å². The summed E-state index contributed by atoms with van der Waals surface area (Å²) in [5.74, 6) is -5.21. The number of hydrogen-bond donors (Lipinski definition) is 3. The molecule has 0 saturated heterocycles. The summed E-state index contributed by atoms with van der Waals surface area (Å²) in [6.45, 7) is 9.81. The minimum atomic E-state index is -1.77. The number of allylic oxidation sites excluding steroid dienone is 4. The maximum Gasteiger partial charge on any atom is 0.338 e. The van der Waals surface area contributed by atoms with Crippen molar-refractivity contribution in [2.24, 2.45) is 34.2 Å². The average molecular weight is 871 g/mol. The van der Waals surface area contributed by atoms with Gasteiger partial charge in [-0.05, 0) is 74.8 Å². The van der Waals surface area contributed by atoms with Crippen LogP contribution < -0.4 is 5.43 Å². The molecule has 8 atom stereocenters. The Morgan fingerprint density at radius 2 is 1.54 bits per heavy atom. The summed E-state index contributed by atoms with van der Waals surface area (Å²) in [6.07, 6.45) is 20.9. The van der Waals surface area contributed by atoms with E-state index in [1.807, 2.05) is 6.92 Å². The van der Waals surface area contributed by atoms with E-state index in [4.69, 9.17) is 14.2 Å². The third-order valence-electron chi connectivity index (χ3n) is 14.1. The van der Waals surface area contributed by atoms with Gasteiger partial charge in [0.05, 0.1) is 22.6 Å². The van der Waals surface area contributed by atoms with Crippen LogP contribution in [0.4, 0.5) is 5.69 Å². The Balaban J connectivity index is 1.21. The number of Topliss-reactive ketones (excluding diaryl/α,β-unsaturated/α-hetero) is 1. The molecule has 0 radical (unpaired) electrons. The van der Waals surface area contributed by atoms with Gasteiger partial charge in [0.25, 0.3) is 0 Å². The number of unbranched alkanes of at least 4 members (excludes halogenated alkanes) is 10. The number of ether oxygens (including phenoxy) is 3. The Hall–Kier alpha value is -5.08. The van der Waals surface area contributed by atoms with E-state index >= 15 is 0 Å². The molecule has 2 saturated carbocycles. The molecular formula is C49H64N3O11-. The first-order valence-corrected chi connectivity index (χ1v) is 22.7. The number of fused-ring (bicyclic) bond motifs is 3. The van der Waals surface area contributed by atoms with Crippen molar-refractivity contribution in [3.05, 3.63) is 87.8 Å². The molecule has 0 amide bonds. The molecule has 8 unspecified atom stereocenters. The van der Waals surface area contributed by atoms with Crippen LogP contribution >= 0.6 is 0 Å². The zero-order valence-electron chi connectivity index (χ0n) is 37.5. The maximum absolute atomic E-state index is 14.6. The highest BCUT2D eigenvalue weighted by Crippen LogP contribution is 2.86. The Labute approximate surface area is 370 Å². The molecule has 63 heavy (non-hydrogen) atoms. The second-order valence-corrected chi connectivity index (χ2v) is 18.6. The van der Waals surface area contributed by atoms with Crippen LogP contribution in [0, 0.1) is 39.5 Å². The standard InChI is InChI=1S/C49H64N3O11/c1-7-8-9-10-11-12-13-14-15-16-17-18-42(54)63-48-39(27-31(2)44(48)55)43-47(49(43,58)46(5,6)57)32(3)40(62-33(4)53)28-34(29-41(47)48)30-61-45(56)35-19-21-36(22-20-35)50-51-37-23-25-38(26-24-37)52(59)60/h19-27,29,32,39-41,43,57-58H,7-18,28,30H2,1-6H3,(H-,50,51,56,59,60)/q-1. The number of hydrazone groups is 1. The molecule has 0 aliphatic heterocycles. The molecule has 5 aliphatic carbocycles. The molecule has 342 valence electrons. The summed E-state index contributed by atoms with van der Waals surface area (Å²) in [7, 11) is 0. The highest BCUT2D eigenvalue weighted by Gasteiger charge is 2.96. The zero-order valence-corrected chi connectivity index (χ0v) is 37.5. The summed E-state index contributed by atoms with van der Waals surface area (Å²) < 4.78 is 18.3. The molecular weight excluding hydrogens is 807 g/mol. The lowest BCUT2D eigenvalue weighted by molar-refractivity contribution is -0.377. The highest BCUT2D eigenvalue weighted by molar-refractivity contribution is 6.17.